The summed E-state index contributed by atoms with van der Waals surface area (Å²) in [5, 5.41) is 5.13. The van der Waals surface area contributed by atoms with E-state index in [0.717, 1.165) is 12.8 Å². The van der Waals surface area contributed by atoms with Crippen LogP contribution in [0.25, 0.3) is 21.5 Å². The lowest BCUT2D eigenvalue weighted by Gasteiger charge is -2.14. The number of benzene rings is 3. The van der Waals surface area contributed by atoms with Crippen LogP contribution in [0.1, 0.15) is 31.2 Å². The molecule has 0 fully saturated rings. The Hall–Kier alpha value is -2.26. The van der Waals surface area contributed by atoms with E-state index in [1.807, 2.05) is 0 Å². The van der Waals surface area contributed by atoms with Crippen molar-refractivity contribution in [3.05, 3.63) is 60.2 Å². The highest BCUT2D eigenvalue weighted by Crippen LogP contribution is 2.31. The molecule has 0 saturated carbocycles. The van der Waals surface area contributed by atoms with Crippen molar-refractivity contribution in [3.8, 4) is 12.3 Å². The van der Waals surface area contributed by atoms with Gasteiger partial charge in [-0.1, -0.05) is 61.7 Å². The average Bonchev–Trinajstić information content (AvgIpc) is 2.50. The van der Waals surface area contributed by atoms with Gasteiger partial charge in [-0.25, -0.2) is 0 Å². The quantitative estimate of drug-likeness (QED) is 0.429. The van der Waals surface area contributed by atoms with E-state index in [4.69, 9.17) is 6.42 Å². The summed E-state index contributed by atoms with van der Waals surface area (Å²) in [4.78, 5) is 0. The largest absolute Gasteiger partial charge is 0.119 e. The third-order valence-electron chi connectivity index (χ3n) is 3.93. The average molecular weight is 258 g/mol. The minimum absolute atomic E-state index is 0.213. The Morgan fingerprint density at radius 3 is 2.35 bits per heavy atom. The first kappa shape index (κ1) is 12.8. The van der Waals surface area contributed by atoms with Gasteiger partial charge in [0.25, 0.3) is 0 Å². The Morgan fingerprint density at radius 1 is 0.950 bits per heavy atom. The summed E-state index contributed by atoms with van der Waals surface area (Å²) in [7, 11) is 0. The summed E-state index contributed by atoms with van der Waals surface area (Å²) < 4.78 is 0. The van der Waals surface area contributed by atoms with Gasteiger partial charge in [0, 0.05) is 5.92 Å². The molecule has 20 heavy (non-hydrogen) atoms. The minimum atomic E-state index is 0.213. The fourth-order valence-corrected chi connectivity index (χ4v) is 2.91. The van der Waals surface area contributed by atoms with E-state index in [-0.39, 0.29) is 5.92 Å². The van der Waals surface area contributed by atoms with Crippen LogP contribution in [0.15, 0.2) is 54.6 Å². The Kier molecular flexibility index (Phi) is 3.44. The van der Waals surface area contributed by atoms with E-state index < -0.39 is 0 Å². The Labute approximate surface area is 120 Å². The smallest absolute Gasteiger partial charge is 0.0455 e. The molecule has 0 amide bonds. The molecule has 0 heteroatoms. The minimum Gasteiger partial charge on any atom is -0.119 e. The van der Waals surface area contributed by atoms with Gasteiger partial charge in [-0.15, -0.1) is 6.42 Å². The lowest BCUT2D eigenvalue weighted by atomic mass is 9.90. The maximum Gasteiger partial charge on any atom is 0.0455 e. The van der Waals surface area contributed by atoms with Gasteiger partial charge >= 0.3 is 0 Å². The van der Waals surface area contributed by atoms with Crippen LogP contribution < -0.4 is 0 Å². The van der Waals surface area contributed by atoms with Gasteiger partial charge in [-0.05, 0) is 45.7 Å². The van der Waals surface area contributed by atoms with E-state index >= 15 is 0 Å². The molecule has 1 atom stereocenters. The van der Waals surface area contributed by atoms with Crippen molar-refractivity contribution in [1.82, 2.24) is 0 Å². The maximum atomic E-state index is 5.74. The Morgan fingerprint density at radius 2 is 1.65 bits per heavy atom. The Balaban J connectivity index is 2.27. The van der Waals surface area contributed by atoms with Crippen molar-refractivity contribution in [2.24, 2.45) is 0 Å². The van der Waals surface area contributed by atoms with Crippen LogP contribution in [0.2, 0.25) is 0 Å². The lowest BCUT2D eigenvalue weighted by molar-refractivity contribution is 0.739. The molecule has 0 aliphatic carbocycles. The SMILES string of the molecule is C#CC(CCC)c1cccc2cc3ccccc3cc12. The maximum absolute atomic E-state index is 5.74. The fraction of sp³-hybridized carbons (Fsp3) is 0.200. The van der Waals surface area contributed by atoms with Crippen molar-refractivity contribution in [1.29, 1.82) is 0 Å². The van der Waals surface area contributed by atoms with Crippen molar-refractivity contribution in [3.63, 3.8) is 0 Å². The molecule has 0 aromatic heterocycles. The van der Waals surface area contributed by atoms with Gasteiger partial charge in [0.1, 0.15) is 0 Å². The second-order valence-electron chi connectivity index (χ2n) is 5.28. The van der Waals surface area contributed by atoms with Gasteiger partial charge in [-0.2, -0.15) is 0 Å². The number of hydrogen-bond acceptors (Lipinski definition) is 0. The molecule has 98 valence electrons. The fourth-order valence-electron chi connectivity index (χ4n) is 2.91. The van der Waals surface area contributed by atoms with Crippen LogP contribution in [0.5, 0.6) is 0 Å². The number of hydrogen-bond donors (Lipinski definition) is 0. The summed E-state index contributed by atoms with van der Waals surface area (Å²) >= 11 is 0. The van der Waals surface area contributed by atoms with E-state index in [0.29, 0.717) is 0 Å². The Bertz CT molecular complexity index is 790. The first-order valence-electron chi connectivity index (χ1n) is 7.21. The zero-order chi connectivity index (χ0) is 13.9. The van der Waals surface area contributed by atoms with E-state index in [1.54, 1.807) is 0 Å². The predicted octanol–water partition coefficient (Wildman–Crippen LogP) is 5.51. The predicted molar refractivity (Wildman–Crippen MR) is 87.9 cm³/mol. The highest BCUT2D eigenvalue weighted by atomic mass is 14.1. The first-order valence-corrected chi connectivity index (χ1v) is 7.21. The summed E-state index contributed by atoms with van der Waals surface area (Å²) in [6, 6.07) is 19.5. The number of fused-ring (bicyclic) bond motifs is 2. The van der Waals surface area contributed by atoms with Crippen LogP contribution >= 0.6 is 0 Å². The lowest BCUT2D eigenvalue weighted by Crippen LogP contribution is -1.96. The van der Waals surface area contributed by atoms with Gasteiger partial charge in [0.15, 0.2) is 0 Å². The third-order valence-corrected chi connectivity index (χ3v) is 3.93. The summed E-state index contributed by atoms with van der Waals surface area (Å²) in [6.07, 6.45) is 7.90. The van der Waals surface area contributed by atoms with E-state index in [9.17, 15) is 0 Å². The van der Waals surface area contributed by atoms with Crippen LogP contribution in [0.3, 0.4) is 0 Å². The molecule has 0 aliphatic heterocycles. The number of terminal acetylenes is 1. The van der Waals surface area contributed by atoms with Crippen LogP contribution in [0, 0.1) is 12.3 Å². The van der Waals surface area contributed by atoms with Crippen molar-refractivity contribution < 1.29 is 0 Å². The molecule has 0 saturated heterocycles. The van der Waals surface area contributed by atoms with Crippen molar-refractivity contribution in [2.45, 2.75) is 25.7 Å². The second-order valence-corrected chi connectivity index (χ2v) is 5.28. The monoisotopic (exact) mass is 258 g/mol. The molecule has 1 unspecified atom stereocenters. The van der Waals surface area contributed by atoms with Gasteiger partial charge in [-0.3, -0.25) is 0 Å². The topological polar surface area (TPSA) is 0 Å². The molecule has 0 N–H and O–H groups in total. The van der Waals surface area contributed by atoms with Crippen LogP contribution in [-0.2, 0) is 0 Å². The van der Waals surface area contributed by atoms with Gasteiger partial charge in [0.05, 0.1) is 0 Å². The van der Waals surface area contributed by atoms with Crippen LogP contribution in [-0.4, -0.2) is 0 Å². The summed E-state index contributed by atoms with van der Waals surface area (Å²) in [5.74, 6) is 3.17. The van der Waals surface area contributed by atoms with Gasteiger partial charge < -0.3 is 0 Å². The molecule has 0 nitrogen and oxygen atoms in total. The molecule has 3 rings (SSSR count). The molecule has 0 bridgehead atoms. The highest BCUT2D eigenvalue weighted by Gasteiger charge is 2.11. The molecule has 3 aromatic carbocycles. The highest BCUT2D eigenvalue weighted by molar-refractivity contribution is 5.99. The molecule has 3 aromatic rings. The molecule has 0 radical (unpaired) electrons. The van der Waals surface area contributed by atoms with Crippen molar-refractivity contribution >= 4 is 21.5 Å². The first-order chi connectivity index (χ1) is 9.83. The zero-order valence-corrected chi connectivity index (χ0v) is 11.8. The molecular formula is C20H18. The second kappa shape index (κ2) is 5.39. The van der Waals surface area contributed by atoms with Crippen molar-refractivity contribution in [2.75, 3.05) is 0 Å². The molecule has 0 heterocycles. The zero-order valence-electron chi connectivity index (χ0n) is 11.8. The van der Waals surface area contributed by atoms with E-state index in [1.165, 1.54) is 27.1 Å². The third kappa shape index (κ3) is 2.17. The summed E-state index contributed by atoms with van der Waals surface area (Å²) in [6.45, 7) is 2.19. The van der Waals surface area contributed by atoms with Gasteiger partial charge in [0.2, 0.25) is 0 Å². The van der Waals surface area contributed by atoms with Crippen LogP contribution in [0.4, 0.5) is 0 Å². The standard InChI is InChI=1S/C20H18/c1-3-8-15(4-2)19-12-7-11-18-13-16-9-5-6-10-17(16)14-20(18)19/h2,5-7,9-15H,3,8H2,1H3. The molecule has 0 aliphatic rings. The molecule has 0 spiro atoms. The number of rotatable bonds is 3. The van der Waals surface area contributed by atoms with E-state index in [2.05, 4.69) is 67.4 Å². The molecular weight excluding hydrogens is 240 g/mol. The normalized spacial score (nSPS) is 12.4. The summed E-state index contributed by atoms with van der Waals surface area (Å²) in [5.41, 5.74) is 1.29.